The van der Waals surface area contributed by atoms with Crippen LogP contribution >= 0.6 is 0 Å². The fraction of sp³-hybridized carbons (Fsp3) is 0.130. The van der Waals surface area contributed by atoms with Crippen molar-refractivity contribution >= 4 is 22.0 Å². The number of hydrogen-bond donors (Lipinski definition) is 1. The molecular weight excluding hydrogens is 396 g/mol. The van der Waals surface area contributed by atoms with Gasteiger partial charge in [0.15, 0.2) is 0 Å². The van der Waals surface area contributed by atoms with Gasteiger partial charge in [0, 0.05) is 42.5 Å². The Hall–Kier alpha value is -3.29. The Morgan fingerprint density at radius 1 is 1.17 bits per heavy atom. The summed E-state index contributed by atoms with van der Waals surface area (Å²) >= 11 is 0. The molecule has 7 heteroatoms. The topological polar surface area (TPSA) is 71.1 Å². The molecule has 4 aromatic rings. The molecule has 6 nitrogen and oxygen atoms in total. The minimum absolute atomic E-state index is 0.369. The third kappa shape index (κ3) is 4.03. The number of hydrogen-bond acceptors (Lipinski definition) is 4. The van der Waals surface area contributed by atoms with E-state index in [1.807, 2.05) is 36.4 Å². The van der Waals surface area contributed by atoms with Crippen molar-refractivity contribution in [2.45, 2.75) is 0 Å². The van der Waals surface area contributed by atoms with Crippen LogP contribution in [0.1, 0.15) is 0 Å². The average molecular weight is 419 g/mol. The highest BCUT2D eigenvalue weighted by molar-refractivity contribution is 7.85. The lowest BCUT2D eigenvalue weighted by Crippen LogP contribution is -2.25. The van der Waals surface area contributed by atoms with Crippen LogP contribution < -0.4 is 4.74 Å². The summed E-state index contributed by atoms with van der Waals surface area (Å²) in [6.07, 6.45) is 5.24. The number of aromatic amines is 1. The molecule has 0 bridgehead atoms. The van der Waals surface area contributed by atoms with Crippen molar-refractivity contribution in [1.29, 1.82) is 0 Å². The van der Waals surface area contributed by atoms with Gasteiger partial charge in [-0.05, 0) is 23.8 Å². The van der Waals surface area contributed by atoms with Gasteiger partial charge in [-0.2, -0.15) is 0 Å². The molecule has 3 aromatic heterocycles. The lowest BCUT2D eigenvalue weighted by molar-refractivity contribution is 0.291. The van der Waals surface area contributed by atoms with Crippen molar-refractivity contribution in [3.63, 3.8) is 0 Å². The number of likely N-dealkylation sites (N-methyl/N-ethyl adjacent to an activating group) is 1. The maximum absolute atomic E-state index is 11.8. The minimum atomic E-state index is -1.22. The van der Waals surface area contributed by atoms with Crippen LogP contribution in [-0.4, -0.2) is 43.7 Å². The molecule has 0 aliphatic carbocycles. The molecule has 4 rings (SSSR count). The average Bonchev–Trinajstić information content (AvgIpc) is 3.18. The first-order valence-electron chi connectivity index (χ1n) is 9.52. The molecule has 1 aromatic carbocycles. The van der Waals surface area contributed by atoms with Gasteiger partial charge in [0.05, 0.1) is 22.9 Å². The van der Waals surface area contributed by atoms with Crippen LogP contribution in [0.15, 0.2) is 79.1 Å². The van der Waals surface area contributed by atoms with Crippen molar-refractivity contribution in [2.24, 2.45) is 0 Å². The molecule has 0 saturated heterocycles. The zero-order valence-electron chi connectivity index (χ0n) is 16.6. The van der Waals surface area contributed by atoms with Gasteiger partial charge in [-0.15, -0.1) is 0 Å². The lowest BCUT2D eigenvalue weighted by Gasteiger charge is -2.15. The van der Waals surface area contributed by atoms with E-state index < -0.39 is 11.0 Å². The van der Waals surface area contributed by atoms with Crippen LogP contribution in [0.3, 0.4) is 0 Å². The summed E-state index contributed by atoms with van der Waals surface area (Å²) < 4.78 is 19.5. The normalized spacial score (nSPS) is 12.2. The Morgan fingerprint density at radius 2 is 2.00 bits per heavy atom. The molecule has 0 aliphatic heterocycles. The van der Waals surface area contributed by atoms with Gasteiger partial charge in [-0.25, -0.2) is 8.51 Å². The Labute approximate surface area is 177 Å². The van der Waals surface area contributed by atoms with Crippen LogP contribution in [0, 0.1) is 0 Å². The molecule has 152 valence electrons. The number of fused-ring (bicyclic) bond motifs is 1. The van der Waals surface area contributed by atoms with Crippen molar-refractivity contribution < 1.29 is 8.95 Å². The minimum Gasteiger partial charge on any atom is -0.490 e. The standard InChI is InChI=1S/C23H22N4O2S/c1-3-30(28)27(2)14-15-29-20-16-24-13-11-18(20)22-21(17-8-5-4-6-9-17)23-19(26-22)10-7-12-25-23/h3-13,16,26H,1,14-15H2,2H3. The molecule has 0 spiro atoms. The molecule has 3 heterocycles. The van der Waals surface area contributed by atoms with Crippen LogP contribution in [0.4, 0.5) is 0 Å². The summed E-state index contributed by atoms with van der Waals surface area (Å²) in [6.45, 7) is 4.42. The predicted octanol–water partition coefficient (Wildman–Crippen LogP) is 4.41. The SMILES string of the molecule is C=CS(=O)N(C)CCOc1cnccc1-c1[nH]c2cccnc2c1-c1ccccc1. The Bertz CT molecular complexity index is 1190. The second-order valence-corrected chi connectivity index (χ2v) is 8.16. The van der Waals surface area contributed by atoms with Crippen LogP contribution in [-0.2, 0) is 11.0 Å². The summed E-state index contributed by atoms with van der Waals surface area (Å²) in [5.41, 5.74) is 5.77. The van der Waals surface area contributed by atoms with Gasteiger partial charge >= 0.3 is 0 Å². The summed E-state index contributed by atoms with van der Waals surface area (Å²) in [7, 11) is 0.543. The highest BCUT2D eigenvalue weighted by Crippen LogP contribution is 2.40. The molecule has 0 radical (unpaired) electrons. The molecule has 1 unspecified atom stereocenters. The Morgan fingerprint density at radius 3 is 2.80 bits per heavy atom. The number of nitrogens with zero attached hydrogens (tertiary/aromatic N) is 3. The van der Waals surface area contributed by atoms with Crippen LogP contribution in [0.5, 0.6) is 5.75 Å². The summed E-state index contributed by atoms with van der Waals surface area (Å²) in [5, 5.41) is 1.40. The molecule has 1 atom stereocenters. The zero-order chi connectivity index (χ0) is 20.9. The first kappa shape index (κ1) is 20.0. The smallest absolute Gasteiger partial charge is 0.146 e. The molecule has 30 heavy (non-hydrogen) atoms. The van der Waals surface area contributed by atoms with Crippen molar-refractivity contribution in [2.75, 3.05) is 20.2 Å². The molecule has 0 amide bonds. The zero-order valence-corrected chi connectivity index (χ0v) is 17.4. The summed E-state index contributed by atoms with van der Waals surface area (Å²) in [6, 6.07) is 16.0. The number of ether oxygens (including phenoxy) is 1. The van der Waals surface area contributed by atoms with Crippen LogP contribution in [0.25, 0.3) is 33.4 Å². The van der Waals surface area contributed by atoms with Gasteiger partial charge < -0.3 is 9.72 Å². The van der Waals surface area contributed by atoms with Crippen LogP contribution in [0.2, 0.25) is 0 Å². The molecular formula is C23H22N4O2S. The fourth-order valence-corrected chi connectivity index (χ4v) is 3.82. The summed E-state index contributed by atoms with van der Waals surface area (Å²) in [4.78, 5) is 12.3. The number of rotatable bonds is 8. The molecule has 1 N–H and O–H groups in total. The first-order chi connectivity index (χ1) is 14.7. The number of benzene rings is 1. The summed E-state index contributed by atoms with van der Waals surface area (Å²) in [5.74, 6) is 0.652. The van der Waals surface area contributed by atoms with E-state index in [-0.39, 0.29) is 0 Å². The van der Waals surface area contributed by atoms with Gasteiger partial charge in [0.25, 0.3) is 0 Å². The van der Waals surface area contributed by atoms with Crippen molar-refractivity contribution in [1.82, 2.24) is 19.3 Å². The van der Waals surface area contributed by atoms with E-state index in [2.05, 4.69) is 33.7 Å². The van der Waals surface area contributed by atoms with Gasteiger partial charge in [0.1, 0.15) is 23.3 Å². The molecule has 0 aliphatic rings. The van der Waals surface area contributed by atoms with E-state index in [9.17, 15) is 4.21 Å². The predicted molar refractivity (Wildman–Crippen MR) is 121 cm³/mol. The monoisotopic (exact) mass is 418 g/mol. The second kappa shape index (κ2) is 9.02. The van der Waals surface area contributed by atoms with Gasteiger partial charge in [-0.3, -0.25) is 9.97 Å². The van der Waals surface area contributed by atoms with E-state index in [4.69, 9.17) is 4.74 Å². The van der Waals surface area contributed by atoms with E-state index in [1.54, 1.807) is 29.9 Å². The second-order valence-electron chi connectivity index (χ2n) is 6.66. The van der Waals surface area contributed by atoms with Crippen molar-refractivity contribution in [3.05, 3.63) is 79.1 Å². The first-order valence-corrected chi connectivity index (χ1v) is 10.7. The van der Waals surface area contributed by atoms with E-state index >= 15 is 0 Å². The number of H-pyrrole nitrogens is 1. The number of nitrogens with one attached hydrogen (secondary N) is 1. The van der Waals surface area contributed by atoms with E-state index in [0.717, 1.165) is 33.4 Å². The van der Waals surface area contributed by atoms with Crippen molar-refractivity contribution in [3.8, 4) is 28.1 Å². The van der Waals surface area contributed by atoms with Gasteiger partial charge in [-0.1, -0.05) is 36.9 Å². The quantitative estimate of drug-likeness (QED) is 0.460. The Kier molecular flexibility index (Phi) is 6.02. The molecule has 0 fully saturated rings. The molecule has 0 saturated carbocycles. The largest absolute Gasteiger partial charge is 0.490 e. The highest BCUT2D eigenvalue weighted by atomic mass is 32.2. The van der Waals surface area contributed by atoms with Gasteiger partial charge in [0.2, 0.25) is 0 Å². The fourth-order valence-electron chi connectivity index (χ4n) is 3.31. The maximum Gasteiger partial charge on any atom is 0.146 e. The van der Waals surface area contributed by atoms with E-state index in [1.165, 1.54) is 5.41 Å². The number of aromatic nitrogens is 3. The third-order valence-corrected chi connectivity index (χ3v) is 5.87. The van der Waals surface area contributed by atoms with E-state index in [0.29, 0.717) is 18.9 Å². The lowest BCUT2D eigenvalue weighted by atomic mass is 10.0. The maximum atomic E-state index is 11.8. The third-order valence-electron chi connectivity index (χ3n) is 4.78. The Balaban J connectivity index is 1.73. The number of pyridine rings is 2. The highest BCUT2D eigenvalue weighted by Gasteiger charge is 2.19.